The minimum absolute atomic E-state index is 0.00565. The van der Waals surface area contributed by atoms with Gasteiger partial charge >= 0.3 is 0 Å². The van der Waals surface area contributed by atoms with Gasteiger partial charge in [0.15, 0.2) is 5.78 Å². The van der Waals surface area contributed by atoms with Crippen LogP contribution in [-0.4, -0.2) is 17.9 Å². The van der Waals surface area contributed by atoms with E-state index in [4.69, 9.17) is 10.5 Å². The van der Waals surface area contributed by atoms with Gasteiger partial charge in [-0.2, -0.15) is 15.5 Å². The summed E-state index contributed by atoms with van der Waals surface area (Å²) in [7, 11) is 1.40. The van der Waals surface area contributed by atoms with Gasteiger partial charge in [-0.15, -0.1) is 0 Å². The summed E-state index contributed by atoms with van der Waals surface area (Å²) < 4.78 is 5.18. The molecule has 0 fully saturated rings. The molecule has 6 heteroatoms. The van der Waals surface area contributed by atoms with Crippen LogP contribution in [0, 0.1) is 22.7 Å². The van der Waals surface area contributed by atoms with Crippen molar-refractivity contribution >= 4 is 11.6 Å². The molecule has 0 radical (unpaired) electrons. The van der Waals surface area contributed by atoms with Crippen LogP contribution in [0.5, 0.6) is 5.88 Å². The number of methoxy groups -OCH3 is 1. The molecule has 33 heavy (non-hydrogen) atoms. The van der Waals surface area contributed by atoms with E-state index in [9.17, 15) is 15.3 Å². The van der Waals surface area contributed by atoms with Gasteiger partial charge in [-0.3, -0.25) is 4.79 Å². The Balaban J connectivity index is 1.68. The largest absolute Gasteiger partial charge is 0.480 e. The number of carbonyl (C=O) groups excluding carboxylic acids is 1. The van der Waals surface area contributed by atoms with E-state index in [0.717, 1.165) is 11.1 Å². The summed E-state index contributed by atoms with van der Waals surface area (Å²) >= 11 is 0. The Morgan fingerprint density at radius 2 is 1.30 bits per heavy atom. The van der Waals surface area contributed by atoms with Crippen LogP contribution >= 0.6 is 0 Å². The molecule has 0 amide bonds. The second kappa shape index (κ2) is 9.05. The molecule has 4 aromatic rings. The zero-order valence-electron chi connectivity index (χ0n) is 17.7. The summed E-state index contributed by atoms with van der Waals surface area (Å²) in [6.45, 7) is 0. The van der Waals surface area contributed by atoms with Gasteiger partial charge < -0.3 is 10.5 Å². The smallest absolute Gasteiger partial charge is 0.234 e. The number of ether oxygens (including phenoxy) is 1. The van der Waals surface area contributed by atoms with Gasteiger partial charge in [-0.1, -0.05) is 78.9 Å². The highest BCUT2D eigenvalue weighted by molar-refractivity contribution is 6.09. The van der Waals surface area contributed by atoms with Crippen LogP contribution in [0.3, 0.4) is 0 Å². The van der Waals surface area contributed by atoms with Crippen molar-refractivity contribution in [1.29, 1.82) is 10.5 Å². The summed E-state index contributed by atoms with van der Waals surface area (Å²) in [5.41, 5.74) is 10.3. The molecule has 0 saturated heterocycles. The van der Waals surface area contributed by atoms with Crippen molar-refractivity contribution in [2.24, 2.45) is 0 Å². The average molecular weight is 430 g/mol. The molecular weight excluding hydrogens is 412 g/mol. The molecule has 0 saturated carbocycles. The Bertz CT molecular complexity index is 1410. The quantitative estimate of drug-likeness (QED) is 0.447. The van der Waals surface area contributed by atoms with Crippen molar-refractivity contribution in [1.82, 2.24) is 4.98 Å². The lowest BCUT2D eigenvalue weighted by atomic mass is 9.94. The number of nitrogen functional groups attached to an aromatic ring is 1. The molecule has 6 nitrogen and oxygen atoms in total. The Hall–Kier alpha value is -4.94. The fourth-order valence-corrected chi connectivity index (χ4v) is 3.63. The first-order valence-electron chi connectivity index (χ1n) is 10.1. The third-order valence-corrected chi connectivity index (χ3v) is 5.30. The van der Waals surface area contributed by atoms with Gasteiger partial charge in [-0.05, 0) is 16.7 Å². The highest BCUT2D eigenvalue weighted by Crippen LogP contribution is 2.35. The van der Waals surface area contributed by atoms with Crippen LogP contribution < -0.4 is 10.5 Å². The van der Waals surface area contributed by atoms with Crippen LogP contribution in [0.1, 0.15) is 27.0 Å². The van der Waals surface area contributed by atoms with Crippen molar-refractivity contribution in [3.8, 4) is 40.3 Å². The Labute approximate surface area is 191 Å². The van der Waals surface area contributed by atoms with Gasteiger partial charge in [-0.25, -0.2) is 0 Å². The van der Waals surface area contributed by atoms with Gasteiger partial charge in [0.2, 0.25) is 5.88 Å². The maximum Gasteiger partial charge on any atom is 0.234 e. The molecule has 3 aromatic carbocycles. The van der Waals surface area contributed by atoms with E-state index in [1.807, 2.05) is 60.7 Å². The number of pyridine rings is 1. The standard InChI is InChI=1S/C27H18N4O2/c1-33-27-23(16-29)24(22(15-28)26(30)31-27)19-11-7-17(8-12-19)18-9-13-21(14-10-18)25(32)20-5-3-2-4-6-20/h2-14H,1H3,(H2,30,31). The highest BCUT2D eigenvalue weighted by Gasteiger charge is 2.20. The Kier molecular flexibility index (Phi) is 5.84. The number of carbonyl (C=O) groups is 1. The van der Waals surface area contributed by atoms with Gasteiger partial charge in [0, 0.05) is 16.7 Å². The molecule has 0 aliphatic carbocycles. The number of rotatable bonds is 5. The zero-order valence-corrected chi connectivity index (χ0v) is 17.7. The van der Waals surface area contributed by atoms with Gasteiger partial charge in [0.05, 0.1) is 7.11 Å². The number of nitrogens with two attached hydrogens (primary N) is 1. The predicted octanol–water partition coefficient (Wildman–Crippen LogP) is 4.98. The molecule has 0 spiro atoms. The number of anilines is 1. The van der Waals surface area contributed by atoms with Crippen molar-refractivity contribution in [2.75, 3.05) is 12.8 Å². The average Bonchev–Trinajstić information content (AvgIpc) is 2.88. The summed E-state index contributed by atoms with van der Waals surface area (Å²) in [5.74, 6) is 0.0487. The van der Waals surface area contributed by atoms with E-state index in [-0.39, 0.29) is 28.6 Å². The molecule has 0 unspecified atom stereocenters. The molecule has 1 aromatic heterocycles. The lowest BCUT2D eigenvalue weighted by molar-refractivity contribution is 0.103. The molecule has 0 atom stereocenters. The Morgan fingerprint density at radius 3 is 1.85 bits per heavy atom. The van der Waals surface area contributed by atoms with Crippen molar-refractivity contribution in [3.05, 3.63) is 101 Å². The van der Waals surface area contributed by atoms with E-state index >= 15 is 0 Å². The number of aromatic nitrogens is 1. The minimum Gasteiger partial charge on any atom is -0.480 e. The van der Waals surface area contributed by atoms with Crippen LogP contribution in [0.2, 0.25) is 0 Å². The molecule has 4 rings (SSSR count). The van der Waals surface area contributed by atoms with E-state index < -0.39 is 0 Å². The maximum absolute atomic E-state index is 12.6. The third-order valence-electron chi connectivity index (χ3n) is 5.30. The first-order chi connectivity index (χ1) is 16.1. The lowest BCUT2D eigenvalue weighted by Gasteiger charge is -2.12. The minimum atomic E-state index is -0.0326. The highest BCUT2D eigenvalue weighted by atomic mass is 16.5. The molecule has 1 heterocycles. The third kappa shape index (κ3) is 4.01. The van der Waals surface area contributed by atoms with Crippen molar-refractivity contribution in [2.45, 2.75) is 0 Å². The van der Waals surface area contributed by atoms with Gasteiger partial charge in [0.1, 0.15) is 29.1 Å². The number of benzene rings is 3. The topological polar surface area (TPSA) is 113 Å². The maximum atomic E-state index is 12.6. The van der Waals surface area contributed by atoms with Crippen molar-refractivity contribution < 1.29 is 9.53 Å². The normalized spacial score (nSPS) is 10.2. The van der Waals surface area contributed by atoms with E-state index in [0.29, 0.717) is 22.3 Å². The number of hydrogen-bond acceptors (Lipinski definition) is 6. The number of nitrogens with zero attached hydrogens (tertiary/aromatic N) is 3. The predicted molar refractivity (Wildman–Crippen MR) is 125 cm³/mol. The van der Waals surface area contributed by atoms with Crippen molar-refractivity contribution in [3.63, 3.8) is 0 Å². The van der Waals surface area contributed by atoms with Crippen LogP contribution in [0.25, 0.3) is 22.3 Å². The molecule has 0 bridgehead atoms. The zero-order chi connectivity index (χ0) is 23.4. The Morgan fingerprint density at radius 1 is 0.788 bits per heavy atom. The fourth-order valence-electron chi connectivity index (χ4n) is 3.63. The number of hydrogen-bond donors (Lipinski definition) is 1. The molecule has 2 N–H and O–H groups in total. The van der Waals surface area contributed by atoms with Crippen LogP contribution in [-0.2, 0) is 0 Å². The lowest BCUT2D eigenvalue weighted by Crippen LogP contribution is -2.04. The fraction of sp³-hybridized carbons (Fsp3) is 0.0370. The van der Waals surface area contributed by atoms with E-state index in [2.05, 4.69) is 11.1 Å². The SMILES string of the molecule is COc1nc(N)c(C#N)c(-c2ccc(-c3ccc(C(=O)c4ccccc4)cc3)cc2)c1C#N. The van der Waals surface area contributed by atoms with E-state index in [1.54, 1.807) is 24.3 Å². The van der Waals surface area contributed by atoms with Crippen LogP contribution in [0.15, 0.2) is 78.9 Å². The molecule has 158 valence electrons. The summed E-state index contributed by atoms with van der Waals surface area (Å²) in [6.07, 6.45) is 0. The summed E-state index contributed by atoms with van der Waals surface area (Å²) in [4.78, 5) is 16.6. The second-order valence-electron chi connectivity index (χ2n) is 7.20. The van der Waals surface area contributed by atoms with E-state index in [1.165, 1.54) is 7.11 Å². The monoisotopic (exact) mass is 430 g/mol. The van der Waals surface area contributed by atoms with Crippen LogP contribution in [0.4, 0.5) is 5.82 Å². The molecule has 0 aliphatic heterocycles. The number of nitriles is 2. The summed E-state index contributed by atoms with van der Waals surface area (Å²) in [5, 5.41) is 19.2. The first-order valence-corrected chi connectivity index (χ1v) is 10.1. The first kappa shape index (κ1) is 21.3. The summed E-state index contributed by atoms with van der Waals surface area (Å²) in [6, 6.07) is 28.0. The van der Waals surface area contributed by atoms with Gasteiger partial charge in [0.25, 0.3) is 0 Å². The molecular formula is C27H18N4O2. The number of ketones is 1. The molecule has 0 aliphatic rings. The second-order valence-corrected chi connectivity index (χ2v) is 7.20.